The molecule has 1 aromatic carbocycles. The van der Waals surface area contributed by atoms with E-state index in [1.54, 1.807) is 19.2 Å². The number of aromatic nitrogens is 2. The highest BCUT2D eigenvalue weighted by atomic mass is 16.1. The normalized spacial score (nSPS) is 11.6. The summed E-state index contributed by atoms with van der Waals surface area (Å²) >= 11 is 0. The van der Waals surface area contributed by atoms with E-state index in [-0.39, 0.29) is 5.91 Å². The molecule has 7 heteroatoms. The van der Waals surface area contributed by atoms with Crippen LogP contribution in [0.15, 0.2) is 41.5 Å². The van der Waals surface area contributed by atoms with Crippen LogP contribution < -0.4 is 10.6 Å². The highest BCUT2D eigenvalue weighted by molar-refractivity contribution is 5.94. The van der Waals surface area contributed by atoms with Gasteiger partial charge in [-0.2, -0.15) is 5.10 Å². The Kier molecular flexibility index (Phi) is 7.40. The summed E-state index contributed by atoms with van der Waals surface area (Å²) in [6, 6.07) is 9.21. The largest absolute Gasteiger partial charge is 0.354 e. The average molecular weight is 371 g/mol. The van der Waals surface area contributed by atoms with E-state index in [0.717, 1.165) is 18.2 Å². The van der Waals surface area contributed by atoms with Crippen molar-refractivity contribution in [2.45, 2.75) is 26.3 Å². The second kappa shape index (κ2) is 9.75. The van der Waals surface area contributed by atoms with E-state index >= 15 is 0 Å². The standard InChI is InChI=1S/C20H30N6O/c1-15(2)18-17(14-26(5)24-18)13-25(4)20(21-3)23-12-11-22-19(27)16-9-7-6-8-10-16/h6-10,14-15H,11-13H2,1-5H3,(H,21,23)(H,22,27). The van der Waals surface area contributed by atoms with Crippen molar-refractivity contribution < 1.29 is 4.79 Å². The van der Waals surface area contributed by atoms with Crippen LogP contribution in [-0.4, -0.2) is 53.7 Å². The van der Waals surface area contributed by atoms with Gasteiger partial charge in [-0.15, -0.1) is 0 Å². The Hall–Kier alpha value is -2.83. The van der Waals surface area contributed by atoms with Gasteiger partial charge in [-0.3, -0.25) is 14.5 Å². The molecule has 7 nitrogen and oxygen atoms in total. The molecule has 146 valence electrons. The number of hydrogen-bond acceptors (Lipinski definition) is 3. The summed E-state index contributed by atoms with van der Waals surface area (Å²) in [5.41, 5.74) is 2.96. The van der Waals surface area contributed by atoms with E-state index in [0.29, 0.717) is 24.6 Å². The third-order valence-electron chi connectivity index (χ3n) is 4.19. The number of nitrogens with zero attached hydrogens (tertiary/aromatic N) is 4. The van der Waals surface area contributed by atoms with Crippen molar-refractivity contribution in [1.82, 2.24) is 25.3 Å². The number of amides is 1. The zero-order valence-corrected chi connectivity index (χ0v) is 16.9. The molecule has 1 heterocycles. The van der Waals surface area contributed by atoms with Crippen LogP contribution in [0.1, 0.15) is 41.4 Å². The molecule has 1 aromatic heterocycles. The Morgan fingerprint density at radius 1 is 1.22 bits per heavy atom. The van der Waals surface area contributed by atoms with Gasteiger partial charge in [0.1, 0.15) is 0 Å². The minimum atomic E-state index is -0.0716. The lowest BCUT2D eigenvalue weighted by Gasteiger charge is -2.22. The molecule has 1 amide bonds. The van der Waals surface area contributed by atoms with Crippen molar-refractivity contribution in [2.75, 3.05) is 27.2 Å². The monoisotopic (exact) mass is 370 g/mol. The maximum absolute atomic E-state index is 12.0. The third kappa shape index (κ3) is 5.84. The molecule has 2 rings (SSSR count). The van der Waals surface area contributed by atoms with Crippen LogP contribution >= 0.6 is 0 Å². The van der Waals surface area contributed by atoms with E-state index < -0.39 is 0 Å². The first-order valence-electron chi connectivity index (χ1n) is 9.19. The number of rotatable bonds is 7. The summed E-state index contributed by atoms with van der Waals surface area (Å²) in [6.45, 7) is 6.13. The smallest absolute Gasteiger partial charge is 0.251 e. The SMILES string of the molecule is CN=C(NCCNC(=O)c1ccccc1)N(C)Cc1cn(C)nc1C(C)C. The van der Waals surface area contributed by atoms with E-state index in [1.807, 2.05) is 37.0 Å². The summed E-state index contributed by atoms with van der Waals surface area (Å²) in [7, 11) is 5.70. The molecule has 0 radical (unpaired) electrons. The molecular weight excluding hydrogens is 340 g/mol. The lowest BCUT2D eigenvalue weighted by atomic mass is 10.1. The molecule has 0 bridgehead atoms. The highest BCUT2D eigenvalue weighted by Crippen LogP contribution is 2.18. The molecule has 2 aromatic rings. The van der Waals surface area contributed by atoms with Gasteiger partial charge in [0.25, 0.3) is 5.91 Å². The van der Waals surface area contributed by atoms with Crippen LogP contribution in [0.3, 0.4) is 0 Å². The van der Waals surface area contributed by atoms with E-state index in [1.165, 1.54) is 5.56 Å². The quantitative estimate of drug-likeness (QED) is 0.444. The summed E-state index contributed by atoms with van der Waals surface area (Å²) in [5.74, 6) is 1.08. The topological polar surface area (TPSA) is 74.6 Å². The Labute approximate surface area is 161 Å². The highest BCUT2D eigenvalue weighted by Gasteiger charge is 2.15. The molecule has 2 N–H and O–H groups in total. The molecule has 0 unspecified atom stereocenters. The van der Waals surface area contributed by atoms with Gasteiger partial charge < -0.3 is 15.5 Å². The van der Waals surface area contributed by atoms with Crippen LogP contribution in [0.4, 0.5) is 0 Å². The number of guanidine groups is 1. The van der Waals surface area contributed by atoms with Gasteiger partial charge in [0, 0.05) is 58.1 Å². The Morgan fingerprint density at radius 2 is 1.89 bits per heavy atom. The van der Waals surface area contributed by atoms with Gasteiger partial charge in [0.05, 0.1) is 5.69 Å². The van der Waals surface area contributed by atoms with Crippen LogP contribution in [0.2, 0.25) is 0 Å². The summed E-state index contributed by atoms with van der Waals surface area (Å²) in [5, 5.41) is 10.7. The first-order chi connectivity index (χ1) is 12.9. The number of aliphatic imine (C=N–C) groups is 1. The number of nitrogens with one attached hydrogen (secondary N) is 2. The van der Waals surface area contributed by atoms with Crippen LogP contribution in [-0.2, 0) is 13.6 Å². The maximum Gasteiger partial charge on any atom is 0.251 e. The van der Waals surface area contributed by atoms with E-state index in [4.69, 9.17) is 0 Å². The summed E-state index contributed by atoms with van der Waals surface area (Å²) in [6.07, 6.45) is 2.05. The number of hydrogen-bond donors (Lipinski definition) is 2. The molecule has 0 aliphatic carbocycles. The van der Waals surface area contributed by atoms with E-state index in [9.17, 15) is 4.79 Å². The van der Waals surface area contributed by atoms with Crippen molar-refractivity contribution in [3.8, 4) is 0 Å². The van der Waals surface area contributed by atoms with Gasteiger partial charge in [0.2, 0.25) is 0 Å². The molecule has 27 heavy (non-hydrogen) atoms. The molecule has 0 aliphatic heterocycles. The number of carbonyl (C=O) groups is 1. The molecule has 0 atom stereocenters. The van der Waals surface area contributed by atoms with Crippen LogP contribution in [0.5, 0.6) is 0 Å². The Bertz CT molecular complexity index is 766. The van der Waals surface area contributed by atoms with Crippen LogP contribution in [0.25, 0.3) is 0 Å². The third-order valence-corrected chi connectivity index (χ3v) is 4.19. The van der Waals surface area contributed by atoms with Crippen molar-refractivity contribution in [3.05, 3.63) is 53.3 Å². The van der Waals surface area contributed by atoms with Crippen LogP contribution in [0, 0.1) is 0 Å². The molecule has 0 saturated heterocycles. The fourth-order valence-corrected chi connectivity index (χ4v) is 2.92. The minimum absolute atomic E-state index is 0.0716. The van der Waals surface area contributed by atoms with Crippen molar-refractivity contribution >= 4 is 11.9 Å². The first-order valence-corrected chi connectivity index (χ1v) is 9.19. The number of benzene rings is 1. The van der Waals surface area contributed by atoms with Crippen molar-refractivity contribution in [3.63, 3.8) is 0 Å². The average Bonchev–Trinajstić information content (AvgIpc) is 3.02. The molecular formula is C20H30N6O. The fourth-order valence-electron chi connectivity index (χ4n) is 2.92. The van der Waals surface area contributed by atoms with Crippen molar-refractivity contribution in [1.29, 1.82) is 0 Å². The second-order valence-electron chi connectivity index (χ2n) is 6.82. The minimum Gasteiger partial charge on any atom is -0.354 e. The lowest BCUT2D eigenvalue weighted by molar-refractivity contribution is 0.0954. The zero-order chi connectivity index (χ0) is 19.8. The van der Waals surface area contributed by atoms with E-state index in [2.05, 4.69) is 45.7 Å². The summed E-state index contributed by atoms with van der Waals surface area (Å²) in [4.78, 5) is 18.4. The number of aryl methyl sites for hydroxylation is 1. The Balaban J connectivity index is 1.84. The zero-order valence-electron chi connectivity index (χ0n) is 16.9. The molecule has 0 fully saturated rings. The molecule has 0 spiro atoms. The molecule has 0 saturated carbocycles. The van der Waals surface area contributed by atoms with Gasteiger partial charge in [-0.25, -0.2) is 0 Å². The molecule has 0 aliphatic rings. The van der Waals surface area contributed by atoms with Gasteiger partial charge in [-0.05, 0) is 18.1 Å². The maximum atomic E-state index is 12.0. The van der Waals surface area contributed by atoms with Gasteiger partial charge in [0.15, 0.2) is 5.96 Å². The first kappa shape index (κ1) is 20.5. The fraction of sp³-hybridized carbons (Fsp3) is 0.450. The predicted octanol–water partition coefficient (Wildman–Crippen LogP) is 1.98. The Morgan fingerprint density at radius 3 is 2.52 bits per heavy atom. The lowest BCUT2D eigenvalue weighted by Crippen LogP contribution is -2.42. The van der Waals surface area contributed by atoms with Crippen molar-refractivity contribution in [2.24, 2.45) is 12.0 Å². The van der Waals surface area contributed by atoms with Gasteiger partial charge >= 0.3 is 0 Å². The predicted molar refractivity (Wildman–Crippen MR) is 109 cm³/mol. The second-order valence-corrected chi connectivity index (χ2v) is 6.82. The van der Waals surface area contributed by atoms with Gasteiger partial charge in [-0.1, -0.05) is 32.0 Å². The number of carbonyl (C=O) groups excluding carboxylic acids is 1. The summed E-state index contributed by atoms with van der Waals surface area (Å²) < 4.78 is 1.85.